The maximum absolute atomic E-state index is 12.2. The predicted octanol–water partition coefficient (Wildman–Crippen LogP) is 6.21. The highest BCUT2D eigenvalue weighted by Crippen LogP contribution is 2.45. The van der Waals surface area contributed by atoms with Gasteiger partial charge in [0.05, 0.1) is 19.8 Å². The van der Waals surface area contributed by atoms with E-state index in [0.717, 1.165) is 52.2 Å². The molecule has 0 N–H and O–H groups in total. The van der Waals surface area contributed by atoms with Gasteiger partial charge in [0.25, 0.3) is 0 Å². The first kappa shape index (κ1) is 21.7. The van der Waals surface area contributed by atoms with Crippen LogP contribution in [0.3, 0.4) is 0 Å². The molecular weight excluding hydrogens is 400 g/mol. The number of fused-ring (bicyclic) bond motifs is 3. The molecule has 0 fully saturated rings. The number of aryl methyl sites for hydroxylation is 1. The molecule has 4 heteroatoms. The van der Waals surface area contributed by atoms with Crippen molar-refractivity contribution in [3.05, 3.63) is 89.5 Å². The molecule has 0 atom stereocenters. The summed E-state index contributed by atoms with van der Waals surface area (Å²) in [6, 6.07) is 22.3. The molecule has 1 aliphatic carbocycles. The second-order valence-corrected chi connectivity index (χ2v) is 7.78. The van der Waals surface area contributed by atoms with Crippen LogP contribution in [0.15, 0.2) is 72.8 Å². The van der Waals surface area contributed by atoms with Crippen molar-refractivity contribution < 1.29 is 19.0 Å². The summed E-state index contributed by atoms with van der Waals surface area (Å²) in [5.74, 6) is 1.38. The monoisotopic (exact) mass is 428 g/mol. The van der Waals surface area contributed by atoms with Crippen LogP contribution in [0.5, 0.6) is 11.5 Å². The molecule has 0 saturated carbocycles. The first-order valence-corrected chi connectivity index (χ1v) is 11.1. The van der Waals surface area contributed by atoms with Crippen LogP contribution in [-0.2, 0) is 9.53 Å². The zero-order valence-electron chi connectivity index (χ0n) is 18.6. The third-order valence-corrected chi connectivity index (χ3v) is 5.40. The van der Waals surface area contributed by atoms with Gasteiger partial charge in [0.1, 0.15) is 11.5 Å². The topological polar surface area (TPSA) is 44.8 Å². The smallest absolute Gasteiger partial charge is 0.331 e. The summed E-state index contributed by atoms with van der Waals surface area (Å²) in [7, 11) is 0. The summed E-state index contributed by atoms with van der Waals surface area (Å²) in [4.78, 5) is 12.2. The molecular formula is C28H28O4. The van der Waals surface area contributed by atoms with Gasteiger partial charge in [0.2, 0.25) is 0 Å². The minimum atomic E-state index is -0.329. The summed E-state index contributed by atoms with van der Waals surface area (Å²) in [6.07, 6.45) is 3.40. The van der Waals surface area contributed by atoms with E-state index in [1.165, 1.54) is 5.56 Å². The molecule has 32 heavy (non-hydrogen) atoms. The van der Waals surface area contributed by atoms with E-state index in [-0.39, 0.29) is 5.97 Å². The highest BCUT2D eigenvalue weighted by molar-refractivity contribution is 6.07. The van der Waals surface area contributed by atoms with Crippen molar-refractivity contribution in [2.24, 2.45) is 0 Å². The van der Waals surface area contributed by atoms with Gasteiger partial charge in [0.15, 0.2) is 0 Å². The summed E-state index contributed by atoms with van der Waals surface area (Å²) in [5.41, 5.74) is 6.35. The van der Waals surface area contributed by atoms with Crippen LogP contribution in [0.25, 0.3) is 16.7 Å². The number of carbonyl (C=O) groups is 1. The minimum Gasteiger partial charge on any atom is -0.494 e. The lowest BCUT2D eigenvalue weighted by molar-refractivity contribution is -0.137. The average molecular weight is 429 g/mol. The molecule has 0 heterocycles. The largest absolute Gasteiger partial charge is 0.494 e. The standard InChI is InChI=1S/C28H28O4/c1-3-30-28(29)19-27-24-12-5-4-11-23(24)25-14-13-22(18-26(25)27)32-16-7-6-15-31-21-10-8-9-20(2)17-21/h4-5,8-14,17-19H,3,6-7,15-16H2,1-2H3. The Labute approximate surface area is 189 Å². The van der Waals surface area contributed by atoms with Crippen LogP contribution in [0, 0.1) is 6.92 Å². The van der Waals surface area contributed by atoms with Gasteiger partial charge in [-0.2, -0.15) is 0 Å². The summed E-state index contributed by atoms with van der Waals surface area (Å²) < 4.78 is 16.9. The number of ether oxygens (including phenoxy) is 3. The first-order chi connectivity index (χ1) is 15.7. The Bertz CT molecular complexity index is 1130. The zero-order chi connectivity index (χ0) is 22.3. The van der Waals surface area contributed by atoms with Crippen LogP contribution in [0.1, 0.15) is 36.5 Å². The van der Waals surface area contributed by atoms with Crippen molar-refractivity contribution in [1.82, 2.24) is 0 Å². The minimum absolute atomic E-state index is 0.329. The van der Waals surface area contributed by atoms with Crippen LogP contribution in [0.2, 0.25) is 0 Å². The van der Waals surface area contributed by atoms with E-state index in [1.807, 2.05) is 55.5 Å². The van der Waals surface area contributed by atoms with E-state index in [4.69, 9.17) is 14.2 Å². The molecule has 3 aromatic carbocycles. The fourth-order valence-electron chi connectivity index (χ4n) is 3.92. The summed E-state index contributed by atoms with van der Waals surface area (Å²) >= 11 is 0. The van der Waals surface area contributed by atoms with Crippen LogP contribution < -0.4 is 9.47 Å². The van der Waals surface area contributed by atoms with Gasteiger partial charge in [-0.1, -0.05) is 42.5 Å². The second kappa shape index (κ2) is 10.2. The van der Waals surface area contributed by atoms with Gasteiger partial charge in [-0.05, 0) is 84.3 Å². The van der Waals surface area contributed by atoms with E-state index >= 15 is 0 Å². The molecule has 4 rings (SSSR count). The highest BCUT2D eigenvalue weighted by Gasteiger charge is 2.24. The Morgan fingerprint density at radius 2 is 1.47 bits per heavy atom. The number of carbonyl (C=O) groups excluding carboxylic acids is 1. The van der Waals surface area contributed by atoms with Crippen LogP contribution in [-0.4, -0.2) is 25.8 Å². The van der Waals surface area contributed by atoms with Gasteiger partial charge in [-0.3, -0.25) is 0 Å². The van der Waals surface area contributed by atoms with Crippen LogP contribution in [0.4, 0.5) is 0 Å². The number of benzene rings is 3. The highest BCUT2D eigenvalue weighted by atomic mass is 16.5. The number of esters is 1. The molecule has 0 radical (unpaired) electrons. The number of hydrogen-bond donors (Lipinski definition) is 0. The SMILES string of the molecule is CCOC(=O)C=C1c2ccccc2-c2ccc(OCCCCOc3cccc(C)c3)cc21. The molecule has 3 aromatic rings. The van der Waals surface area contributed by atoms with Gasteiger partial charge in [-0.15, -0.1) is 0 Å². The molecule has 164 valence electrons. The Morgan fingerprint density at radius 1 is 0.781 bits per heavy atom. The van der Waals surface area contributed by atoms with Crippen LogP contribution >= 0.6 is 0 Å². The number of unbranched alkanes of at least 4 members (excludes halogenated alkanes) is 1. The van der Waals surface area contributed by atoms with E-state index in [0.29, 0.717) is 19.8 Å². The fourth-order valence-corrected chi connectivity index (χ4v) is 3.92. The van der Waals surface area contributed by atoms with Crippen molar-refractivity contribution in [2.45, 2.75) is 26.7 Å². The Kier molecular flexibility index (Phi) is 6.90. The number of rotatable bonds is 9. The molecule has 0 bridgehead atoms. The van der Waals surface area contributed by atoms with Gasteiger partial charge in [0, 0.05) is 6.08 Å². The lowest BCUT2D eigenvalue weighted by atomic mass is 10.0. The third kappa shape index (κ3) is 5.02. The van der Waals surface area contributed by atoms with Gasteiger partial charge >= 0.3 is 5.97 Å². The van der Waals surface area contributed by atoms with Crippen molar-refractivity contribution in [3.63, 3.8) is 0 Å². The lowest BCUT2D eigenvalue weighted by Gasteiger charge is -2.10. The Balaban J connectivity index is 1.38. The number of hydrogen-bond acceptors (Lipinski definition) is 4. The molecule has 1 aliphatic rings. The lowest BCUT2D eigenvalue weighted by Crippen LogP contribution is -2.03. The fraction of sp³-hybridized carbons (Fsp3) is 0.250. The molecule has 0 amide bonds. The van der Waals surface area contributed by atoms with Crippen molar-refractivity contribution in [3.8, 4) is 22.6 Å². The van der Waals surface area contributed by atoms with Gasteiger partial charge in [-0.25, -0.2) is 4.79 Å². The Hall–Kier alpha value is -3.53. The van der Waals surface area contributed by atoms with Gasteiger partial charge < -0.3 is 14.2 Å². The van der Waals surface area contributed by atoms with Crippen molar-refractivity contribution in [2.75, 3.05) is 19.8 Å². The summed E-state index contributed by atoms with van der Waals surface area (Å²) in [5, 5.41) is 0. The zero-order valence-corrected chi connectivity index (χ0v) is 18.6. The third-order valence-electron chi connectivity index (χ3n) is 5.40. The van der Waals surface area contributed by atoms with E-state index < -0.39 is 0 Å². The van der Waals surface area contributed by atoms with Crippen molar-refractivity contribution in [1.29, 1.82) is 0 Å². The van der Waals surface area contributed by atoms with E-state index in [9.17, 15) is 4.79 Å². The normalized spacial score (nSPS) is 12.9. The maximum atomic E-state index is 12.2. The molecule has 0 spiro atoms. The first-order valence-electron chi connectivity index (χ1n) is 11.1. The average Bonchev–Trinajstić information content (AvgIpc) is 3.09. The molecule has 0 unspecified atom stereocenters. The quantitative estimate of drug-likeness (QED) is 0.181. The Morgan fingerprint density at radius 3 is 2.19 bits per heavy atom. The predicted molar refractivity (Wildman–Crippen MR) is 127 cm³/mol. The molecule has 0 aromatic heterocycles. The molecule has 4 nitrogen and oxygen atoms in total. The summed E-state index contributed by atoms with van der Waals surface area (Å²) in [6.45, 7) is 5.50. The molecule has 0 saturated heterocycles. The molecule has 0 aliphatic heterocycles. The maximum Gasteiger partial charge on any atom is 0.331 e. The van der Waals surface area contributed by atoms with Crippen molar-refractivity contribution >= 4 is 11.5 Å². The van der Waals surface area contributed by atoms with E-state index in [2.05, 4.69) is 25.1 Å². The second-order valence-electron chi connectivity index (χ2n) is 7.78. The van der Waals surface area contributed by atoms with E-state index in [1.54, 1.807) is 6.08 Å².